The Kier molecular flexibility index (Phi) is 5.60. The van der Waals surface area contributed by atoms with Crippen molar-refractivity contribution in [3.05, 3.63) is 24.3 Å². The first-order valence-corrected chi connectivity index (χ1v) is 9.55. The number of nitrogens with zero attached hydrogens (tertiary/aromatic N) is 1. The van der Waals surface area contributed by atoms with Gasteiger partial charge in [0.05, 0.1) is 10.6 Å². The summed E-state index contributed by atoms with van der Waals surface area (Å²) in [5.74, 6) is -2.93. The van der Waals surface area contributed by atoms with Crippen molar-refractivity contribution in [3.8, 4) is 0 Å². The second kappa shape index (κ2) is 7.05. The summed E-state index contributed by atoms with van der Waals surface area (Å²) in [4.78, 5) is 1.66. The zero-order valence-corrected chi connectivity index (χ0v) is 13.9. The topological polar surface area (TPSA) is 37.4 Å². The molecule has 3 nitrogen and oxygen atoms in total. The predicted molar refractivity (Wildman–Crippen MR) is 83.0 cm³/mol. The van der Waals surface area contributed by atoms with Crippen LogP contribution in [0.15, 0.2) is 29.2 Å². The summed E-state index contributed by atoms with van der Waals surface area (Å²) >= 11 is 3.41. The fourth-order valence-corrected chi connectivity index (χ4v) is 4.33. The van der Waals surface area contributed by atoms with Gasteiger partial charge in [-0.2, -0.15) is 8.78 Å². The van der Waals surface area contributed by atoms with Crippen LogP contribution in [-0.4, -0.2) is 32.6 Å². The van der Waals surface area contributed by atoms with Crippen LogP contribution in [0.3, 0.4) is 0 Å². The van der Waals surface area contributed by atoms with Gasteiger partial charge >= 0.3 is 5.76 Å². The summed E-state index contributed by atoms with van der Waals surface area (Å²) in [6.07, 6.45) is 3.03. The van der Waals surface area contributed by atoms with E-state index in [-0.39, 0.29) is 4.90 Å². The van der Waals surface area contributed by atoms with Gasteiger partial charge in [-0.05, 0) is 37.3 Å². The van der Waals surface area contributed by atoms with Gasteiger partial charge < -0.3 is 4.90 Å². The van der Waals surface area contributed by atoms with Gasteiger partial charge in [-0.15, -0.1) is 0 Å². The minimum Gasteiger partial charge on any atom is -0.370 e. The van der Waals surface area contributed by atoms with E-state index in [0.29, 0.717) is 24.7 Å². The zero-order chi connectivity index (χ0) is 15.5. The third-order valence-electron chi connectivity index (χ3n) is 3.78. The number of hydrogen-bond acceptors (Lipinski definition) is 3. The molecule has 0 amide bonds. The van der Waals surface area contributed by atoms with Gasteiger partial charge in [-0.1, -0.05) is 28.1 Å². The first-order chi connectivity index (χ1) is 9.96. The summed E-state index contributed by atoms with van der Waals surface area (Å²) in [6.45, 7) is 1.41. The molecule has 7 heteroatoms. The number of halogens is 3. The largest absolute Gasteiger partial charge is 0.370 e. The molecule has 0 N–H and O–H groups in total. The molecule has 0 bridgehead atoms. The Morgan fingerprint density at radius 3 is 2.71 bits per heavy atom. The quantitative estimate of drug-likeness (QED) is 0.729. The lowest BCUT2D eigenvalue weighted by Gasteiger charge is -2.35. The highest BCUT2D eigenvalue weighted by Gasteiger charge is 2.31. The van der Waals surface area contributed by atoms with E-state index in [9.17, 15) is 17.2 Å². The molecule has 1 aromatic carbocycles. The summed E-state index contributed by atoms with van der Waals surface area (Å²) < 4.78 is 49.3. The second-order valence-corrected chi connectivity index (χ2v) is 7.88. The van der Waals surface area contributed by atoms with Crippen LogP contribution in [0.4, 0.5) is 14.5 Å². The average Bonchev–Trinajstić information content (AvgIpc) is 2.48. The van der Waals surface area contributed by atoms with E-state index in [1.54, 1.807) is 12.1 Å². The average molecular weight is 382 g/mol. The van der Waals surface area contributed by atoms with Gasteiger partial charge in [0.15, 0.2) is 0 Å². The number of anilines is 1. The Balaban J connectivity index is 2.32. The maximum atomic E-state index is 12.8. The normalized spacial score (nSPS) is 20.0. The molecule has 0 aliphatic carbocycles. The molecule has 2 rings (SSSR count). The van der Waals surface area contributed by atoms with Crippen molar-refractivity contribution in [3.63, 3.8) is 0 Å². The van der Waals surface area contributed by atoms with Crippen molar-refractivity contribution < 1.29 is 17.2 Å². The first kappa shape index (κ1) is 16.7. The molecule has 118 valence electrons. The molecular formula is C14H18BrF2NO2S. The number of piperidine rings is 1. The predicted octanol–water partition coefficient (Wildman–Crippen LogP) is 3.68. The molecule has 0 aromatic heterocycles. The minimum absolute atomic E-state index is 0.264. The van der Waals surface area contributed by atoms with Crippen molar-refractivity contribution in [1.29, 1.82) is 0 Å². The standard InChI is InChI=1S/C14H18BrF2NO2S/c15-8-7-11-4-3-9-18(10-11)12-5-1-2-6-13(12)21(19,20)14(16)17/h1-2,5-6,11,14H,3-4,7-10H2. The Labute approximate surface area is 132 Å². The number of para-hydroxylation sites is 1. The van der Waals surface area contributed by atoms with Crippen molar-refractivity contribution in [2.75, 3.05) is 23.3 Å². The molecule has 21 heavy (non-hydrogen) atoms. The summed E-state index contributed by atoms with van der Waals surface area (Å²) in [7, 11) is -4.57. The molecule has 0 radical (unpaired) electrons. The van der Waals surface area contributed by atoms with Crippen LogP contribution in [0.25, 0.3) is 0 Å². The van der Waals surface area contributed by atoms with Crippen molar-refractivity contribution in [1.82, 2.24) is 0 Å². The van der Waals surface area contributed by atoms with Crippen LogP contribution in [-0.2, 0) is 9.84 Å². The van der Waals surface area contributed by atoms with Crippen LogP contribution in [0, 0.1) is 5.92 Å². The molecule has 1 saturated heterocycles. The Bertz CT molecular complexity index is 578. The number of hydrogen-bond donors (Lipinski definition) is 0. The minimum atomic E-state index is -4.57. The van der Waals surface area contributed by atoms with E-state index >= 15 is 0 Å². The summed E-state index contributed by atoms with van der Waals surface area (Å²) in [6, 6.07) is 6.06. The summed E-state index contributed by atoms with van der Waals surface area (Å²) in [5.41, 5.74) is 0.400. The third kappa shape index (κ3) is 3.74. The van der Waals surface area contributed by atoms with Crippen LogP contribution < -0.4 is 4.90 Å². The van der Waals surface area contributed by atoms with Gasteiger partial charge in [-0.25, -0.2) is 8.42 Å². The lowest BCUT2D eigenvalue weighted by Crippen LogP contribution is -2.36. The van der Waals surface area contributed by atoms with Crippen molar-refractivity contribution in [2.45, 2.75) is 29.9 Å². The van der Waals surface area contributed by atoms with Crippen LogP contribution in [0.1, 0.15) is 19.3 Å². The molecule has 1 aliphatic rings. The number of rotatable bonds is 5. The third-order valence-corrected chi connectivity index (χ3v) is 5.67. The maximum absolute atomic E-state index is 12.8. The molecule has 1 fully saturated rings. The lowest BCUT2D eigenvalue weighted by molar-refractivity contribution is 0.234. The first-order valence-electron chi connectivity index (χ1n) is 6.89. The van der Waals surface area contributed by atoms with Crippen LogP contribution in [0.5, 0.6) is 0 Å². The molecule has 1 aromatic rings. The lowest BCUT2D eigenvalue weighted by atomic mass is 9.95. The van der Waals surface area contributed by atoms with E-state index < -0.39 is 15.6 Å². The molecule has 0 saturated carbocycles. The Morgan fingerprint density at radius 1 is 1.33 bits per heavy atom. The second-order valence-electron chi connectivity index (χ2n) is 5.21. The molecule has 1 atom stereocenters. The molecule has 1 unspecified atom stereocenters. The zero-order valence-electron chi connectivity index (χ0n) is 11.5. The van der Waals surface area contributed by atoms with E-state index in [4.69, 9.17) is 0 Å². The van der Waals surface area contributed by atoms with E-state index in [1.807, 2.05) is 4.90 Å². The number of sulfone groups is 1. The van der Waals surface area contributed by atoms with E-state index in [0.717, 1.165) is 24.6 Å². The number of benzene rings is 1. The SMILES string of the molecule is O=S(=O)(c1ccccc1N1CCCC(CCBr)C1)C(F)F. The van der Waals surface area contributed by atoms with Crippen molar-refractivity contribution in [2.24, 2.45) is 5.92 Å². The number of alkyl halides is 3. The van der Waals surface area contributed by atoms with E-state index in [1.165, 1.54) is 12.1 Å². The Hall–Kier alpha value is -0.690. The highest BCUT2D eigenvalue weighted by atomic mass is 79.9. The smallest absolute Gasteiger partial charge is 0.341 e. The fourth-order valence-electron chi connectivity index (χ4n) is 2.73. The van der Waals surface area contributed by atoms with Gasteiger partial charge in [0.2, 0.25) is 9.84 Å². The van der Waals surface area contributed by atoms with Crippen LogP contribution in [0.2, 0.25) is 0 Å². The Morgan fingerprint density at radius 2 is 2.05 bits per heavy atom. The molecular weight excluding hydrogens is 364 g/mol. The monoisotopic (exact) mass is 381 g/mol. The van der Waals surface area contributed by atoms with Crippen molar-refractivity contribution >= 4 is 31.5 Å². The highest BCUT2D eigenvalue weighted by molar-refractivity contribution is 9.09. The maximum Gasteiger partial charge on any atom is 0.341 e. The van der Waals surface area contributed by atoms with Gasteiger partial charge in [0, 0.05) is 18.4 Å². The van der Waals surface area contributed by atoms with Gasteiger partial charge in [0.25, 0.3) is 0 Å². The fraction of sp³-hybridized carbons (Fsp3) is 0.571. The van der Waals surface area contributed by atoms with Crippen LogP contribution >= 0.6 is 15.9 Å². The molecule has 0 spiro atoms. The van der Waals surface area contributed by atoms with Gasteiger partial charge in [0.1, 0.15) is 0 Å². The molecule has 1 aliphatic heterocycles. The summed E-state index contributed by atoms with van der Waals surface area (Å²) in [5, 5.41) is 0.891. The van der Waals surface area contributed by atoms with E-state index in [2.05, 4.69) is 15.9 Å². The van der Waals surface area contributed by atoms with Gasteiger partial charge in [-0.3, -0.25) is 0 Å². The molecule has 1 heterocycles. The highest BCUT2D eigenvalue weighted by Crippen LogP contribution is 2.32.